The average Bonchev–Trinajstić information content (AvgIpc) is 2.40. The maximum atomic E-state index is 2.34. The highest BCUT2D eigenvalue weighted by Crippen LogP contribution is 2.26. The van der Waals surface area contributed by atoms with Crippen LogP contribution in [0.15, 0.2) is 42.5 Å². The van der Waals surface area contributed by atoms with Crippen molar-refractivity contribution >= 4 is 0 Å². The van der Waals surface area contributed by atoms with Gasteiger partial charge >= 0.3 is 0 Å². The molecule has 2 aromatic carbocycles. The van der Waals surface area contributed by atoms with E-state index in [2.05, 4.69) is 63.2 Å². The van der Waals surface area contributed by atoms with Gasteiger partial charge in [-0.25, -0.2) is 0 Å². The Morgan fingerprint density at radius 3 is 2.44 bits per heavy atom. The lowest BCUT2D eigenvalue weighted by Crippen LogP contribution is -1.89. The van der Waals surface area contributed by atoms with E-state index >= 15 is 0 Å². The molecular formula is C18H22. The van der Waals surface area contributed by atoms with Crippen molar-refractivity contribution in [1.29, 1.82) is 0 Å². The number of hydrogen-bond acceptors (Lipinski definition) is 0. The molecule has 94 valence electrons. The summed E-state index contributed by atoms with van der Waals surface area (Å²) in [5.74, 6) is 0. The van der Waals surface area contributed by atoms with Gasteiger partial charge in [0.1, 0.15) is 0 Å². The Morgan fingerprint density at radius 1 is 0.889 bits per heavy atom. The van der Waals surface area contributed by atoms with Gasteiger partial charge in [-0.2, -0.15) is 0 Å². The van der Waals surface area contributed by atoms with Crippen molar-refractivity contribution in [2.24, 2.45) is 0 Å². The molecule has 0 heterocycles. The summed E-state index contributed by atoms with van der Waals surface area (Å²) in [7, 11) is 0. The van der Waals surface area contributed by atoms with Gasteiger partial charge in [-0.3, -0.25) is 0 Å². The third-order valence-corrected chi connectivity index (χ3v) is 3.49. The summed E-state index contributed by atoms with van der Waals surface area (Å²) >= 11 is 0. The first-order valence-corrected chi connectivity index (χ1v) is 6.93. The lowest BCUT2D eigenvalue weighted by Gasteiger charge is -2.10. The number of hydrogen-bond donors (Lipinski definition) is 0. The van der Waals surface area contributed by atoms with E-state index in [0.717, 1.165) is 6.42 Å². The SMILES string of the molecule is CCCc1cccc(-c2cc(CC)ccc2C)c1. The molecule has 0 spiro atoms. The zero-order valence-electron chi connectivity index (χ0n) is 11.7. The highest BCUT2D eigenvalue weighted by Gasteiger charge is 2.03. The second-order valence-electron chi connectivity index (χ2n) is 4.95. The quantitative estimate of drug-likeness (QED) is 0.688. The molecule has 0 aliphatic carbocycles. The molecule has 0 amide bonds. The number of benzene rings is 2. The molecule has 0 radical (unpaired) electrons. The summed E-state index contributed by atoms with van der Waals surface area (Å²) in [4.78, 5) is 0. The molecule has 0 atom stereocenters. The van der Waals surface area contributed by atoms with Gasteiger partial charge in [0.2, 0.25) is 0 Å². The van der Waals surface area contributed by atoms with Crippen molar-refractivity contribution in [3.63, 3.8) is 0 Å². The number of rotatable bonds is 4. The molecule has 0 aliphatic heterocycles. The van der Waals surface area contributed by atoms with Crippen LogP contribution < -0.4 is 0 Å². The van der Waals surface area contributed by atoms with E-state index in [0.29, 0.717) is 0 Å². The summed E-state index contributed by atoms with van der Waals surface area (Å²) < 4.78 is 0. The van der Waals surface area contributed by atoms with Crippen molar-refractivity contribution in [1.82, 2.24) is 0 Å². The van der Waals surface area contributed by atoms with E-state index in [4.69, 9.17) is 0 Å². The van der Waals surface area contributed by atoms with Crippen LogP contribution in [0.4, 0.5) is 0 Å². The largest absolute Gasteiger partial charge is 0.0651 e. The van der Waals surface area contributed by atoms with Crippen LogP contribution in [0, 0.1) is 6.92 Å². The van der Waals surface area contributed by atoms with Crippen molar-refractivity contribution in [2.45, 2.75) is 40.0 Å². The molecular weight excluding hydrogens is 216 g/mol. The van der Waals surface area contributed by atoms with Crippen LogP contribution in [0.3, 0.4) is 0 Å². The van der Waals surface area contributed by atoms with E-state index in [-0.39, 0.29) is 0 Å². The minimum Gasteiger partial charge on any atom is -0.0651 e. The fourth-order valence-corrected chi connectivity index (χ4v) is 2.38. The van der Waals surface area contributed by atoms with Crippen molar-refractivity contribution in [2.75, 3.05) is 0 Å². The topological polar surface area (TPSA) is 0 Å². The molecule has 0 aromatic heterocycles. The van der Waals surface area contributed by atoms with Crippen molar-refractivity contribution in [3.05, 3.63) is 59.2 Å². The second kappa shape index (κ2) is 5.86. The molecule has 0 unspecified atom stereocenters. The third-order valence-electron chi connectivity index (χ3n) is 3.49. The van der Waals surface area contributed by atoms with E-state index in [1.807, 2.05) is 0 Å². The van der Waals surface area contributed by atoms with E-state index in [1.165, 1.54) is 40.7 Å². The van der Waals surface area contributed by atoms with Gasteiger partial charge in [-0.05, 0) is 47.6 Å². The second-order valence-corrected chi connectivity index (χ2v) is 4.95. The molecule has 0 fully saturated rings. The maximum absolute atomic E-state index is 2.34. The molecule has 18 heavy (non-hydrogen) atoms. The summed E-state index contributed by atoms with van der Waals surface area (Å²) in [6.45, 7) is 6.64. The van der Waals surface area contributed by atoms with E-state index in [9.17, 15) is 0 Å². The summed E-state index contributed by atoms with van der Waals surface area (Å²) in [6, 6.07) is 15.8. The Morgan fingerprint density at radius 2 is 1.72 bits per heavy atom. The van der Waals surface area contributed by atoms with Gasteiger partial charge < -0.3 is 0 Å². The zero-order chi connectivity index (χ0) is 13.0. The smallest absolute Gasteiger partial charge is 0.0152 e. The monoisotopic (exact) mass is 238 g/mol. The van der Waals surface area contributed by atoms with E-state index in [1.54, 1.807) is 0 Å². The maximum Gasteiger partial charge on any atom is -0.0152 e. The number of aryl methyl sites for hydroxylation is 3. The summed E-state index contributed by atoms with van der Waals surface area (Å²) in [5, 5.41) is 0. The minimum atomic E-state index is 1.10. The van der Waals surface area contributed by atoms with Crippen LogP contribution in [0.25, 0.3) is 11.1 Å². The predicted octanol–water partition coefficient (Wildman–Crippen LogP) is 5.18. The van der Waals surface area contributed by atoms with Gasteiger partial charge in [0.25, 0.3) is 0 Å². The summed E-state index contributed by atoms with van der Waals surface area (Å²) in [5.41, 5.74) is 6.95. The van der Waals surface area contributed by atoms with Gasteiger partial charge in [-0.1, -0.05) is 62.7 Å². The van der Waals surface area contributed by atoms with Crippen LogP contribution in [0.2, 0.25) is 0 Å². The van der Waals surface area contributed by atoms with Crippen molar-refractivity contribution < 1.29 is 0 Å². The molecule has 0 heteroatoms. The predicted molar refractivity (Wildman–Crippen MR) is 80.0 cm³/mol. The normalized spacial score (nSPS) is 10.6. The van der Waals surface area contributed by atoms with Gasteiger partial charge in [0, 0.05) is 0 Å². The van der Waals surface area contributed by atoms with Crippen LogP contribution in [0.1, 0.15) is 37.0 Å². The molecule has 2 aromatic rings. The Balaban J connectivity index is 2.44. The van der Waals surface area contributed by atoms with E-state index < -0.39 is 0 Å². The van der Waals surface area contributed by atoms with Crippen molar-refractivity contribution in [3.8, 4) is 11.1 Å². The van der Waals surface area contributed by atoms with Crippen LogP contribution >= 0.6 is 0 Å². The highest BCUT2D eigenvalue weighted by atomic mass is 14.1. The standard InChI is InChI=1S/C18H22/c1-4-7-16-8-6-9-17(12-16)18-13-15(5-2)11-10-14(18)3/h6,8-13H,4-5,7H2,1-3H3. The minimum absolute atomic E-state index is 1.10. The molecule has 0 aliphatic rings. The van der Waals surface area contributed by atoms with Gasteiger partial charge in [0.05, 0.1) is 0 Å². The molecule has 0 saturated heterocycles. The fourth-order valence-electron chi connectivity index (χ4n) is 2.38. The Bertz CT molecular complexity index is 523. The first-order chi connectivity index (χ1) is 8.74. The van der Waals surface area contributed by atoms with Gasteiger partial charge in [-0.15, -0.1) is 0 Å². The van der Waals surface area contributed by atoms with Gasteiger partial charge in [0.15, 0.2) is 0 Å². The molecule has 0 nitrogen and oxygen atoms in total. The summed E-state index contributed by atoms with van der Waals surface area (Å²) in [6.07, 6.45) is 3.47. The average molecular weight is 238 g/mol. The fraction of sp³-hybridized carbons (Fsp3) is 0.333. The molecule has 2 rings (SSSR count). The lowest BCUT2D eigenvalue weighted by molar-refractivity contribution is 0.922. The van der Waals surface area contributed by atoms with Crippen LogP contribution in [0.5, 0.6) is 0 Å². The zero-order valence-corrected chi connectivity index (χ0v) is 11.7. The van der Waals surface area contributed by atoms with Crippen LogP contribution in [-0.4, -0.2) is 0 Å². The Hall–Kier alpha value is -1.56. The highest BCUT2D eigenvalue weighted by molar-refractivity contribution is 5.68. The van der Waals surface area contributed by atoms with Crippen LogP contribution in [-0.2, 0) is 12.8 Å². The Labute approximate surface area is 111 Å². The lowest BCUT2D eigenvalue weighted by atomic mass is 9.95. The molecule has 0 bridgehead atoms. The third kappa shape index (κ3) is 2.81. The molecule has 0 N–H and O–H groups in total. The first-order valence-electron chi connectivity index (χ1n) is 6.93. The Kier molecular flexibility index (Phi) is 4.19. The first kappa shape index (κ1) is 12.9. The molecule has 0 saturated carbocycles.